The van der Waals surface area contributed by atoms with Gasteiger partial charge in [-0.1, -0.05) is 30.3 Å². The molecule has 1 aromatic carbocycles. The lowest BCUT2D eigenvalue weighted by Crippen LogP contribution is -2.19. The molecule has 0 aromatic heterocycles. The van der Waals surface area contributed by atoms with Crippen LogP contribution < -0.4 is 0 Å². The quantitative estimate of drug-likeness (QED) is 0.848. The van der Waals surface area contributed by atoms with Crippen LogP contribution in [0.15, 0.2) is 53.8 Å². The summed E-state index contributed by atoms with van der Waals surface area (Å²) in [6.07, 6.45) is 1.37. The molecule has 1 atom stereocenters. The molecule has 0 spiro atoms. The van der Waals surface area contributed by atoms with Crippen molar-refractivity contribution in [3.63, 3.8) is 0 Å². The highest BCUT2D eigenvalue weighted by Crippen LogP contribution is 2.36. The van der Waals surface area contributed by atoms with Gasteiger partial charge in [-0.2, -0.15) is 0 Å². The molecule has 1 aliphatic rings. The minimum atomic E-state index is -0.748. The van der Waals surface area contributed by atoms with Crippen molar-refractivity contribution >= 4 is 0 Å². The van der Waals surface area contributed by atoms with Crippen molar-refractivity contribution in [1.29, 1.82) is 0 Å². The zero-order chi connectivity index (χ0) is 15.2. The summed E-state index contributed by atoms with van der Waals surface area (Å²) in [7, 11) is 0. The summed E-state index contributed by atoms with van der Waals surface area (Å²) in [5.74, 6) is -2.73. The summed E-state index contributed by atoms with van der Waals surface area (Å²) in [5, 5.41) is 17.8. The maximum atomic E-state index is 14.0. The first-order valence-electron chi connectivity index (χ1n) is 6.81. The number of halogens is 2. The molecular formula is C16H18F2O3. The molecule has 0 amide bonds. The largest absolute Gasteiger partial charge is 0.487 e. The predicted molar refractivity (Wildman–Crippen MR) is 74.7 cm³/mol. The zero-order valence-electron chi connectivity index (χ0n) is 11.5. The summed E-state index contributed by atoms with van der Waals surface area (Å²) in [6, 6.07) is 9.13. The van der Waals surface area contributed by atoms with E-state index in [-0.39, 0.29) is 32.2 Å². The van der Waals surface area contributed by atoms with Gasteiger partial charge in [0.1, 0.15) is 5.83 Å². The van der Waals surface area contributed by atoms with Gasteiger partial charge >= 0.3 is 0 Å². The van der Waals surface area contributed by atoms with Gasteiger partial charge in [0.05, 0.1) is 19.8 Å². The van der Waals surface area contributed by atoms with Crippen LogP contribution in [0.2, 0.25) is 0 Å². The molecule has 0 radical (unpaired) electrons. The average molecular weight is 296 g/mol. The number of ether oxygens (including phenoxy) is 1. The van der Waals surface area contributed by atoms with Crippen LogP contribution in [0, 0.1) is 5.92 Å². The van der Waals surface area contributed by atoms with E-state index >= 15 is 0 Å². The number of aliphatic hydroxyl groups is 2. The molecule has 0 bridgehead atoms. The second-order valence-electron chi connectivity index (χ2n) is 5.01. The van der Waals surface area contributed by atoms with Gasteiger partial charge < -0.3 is 14.9 Å². The first kappa shape index (κ1) is 15.7. The average Bonchev–Trinajstić information content (AvgIpc) is 2.51. The third-order valence-electron chi connectivity index (χ3n) is 3.42. The lowest BCUT2D eigenvalue weighted by Gasteiger charge is -2.21. The third kappa shape index (κ3) is 3.89. The minimum Gasteiger partial charge on any atom is -0.487 e. The molecule has 3 nitrogen and oxygen atoms in total. The Morgan fingerprint density at radius 2 is 1.81 bits per heavy atom. The highest BCUT2D eigenvalue weighted by atomic mass is 19.1. The standard InChI is InChI=1S/C16H18F2O3/c17-14-6-13(12-4-2-1-3-5-12)7-15(18)16(14)21-10-11(8-19)9-20/h1-6,11,13,19-20H,7-10H2. The van der Waals surface area contributed by atoms with Gasteiger partial charge in [-0.15, -0.1) is 0 Å². The molecule has 5 heteroatoms. The topological polar surface area (TPSA) is 49.7 Å². The van der Waals surface area contributed by atoms with Gasteiger partial charge in [0.2, 0.25) is 0 Å². The fraction of sp³-hybridized carbons (Fsp3) is 0.375. The number of rotatable bonds is 6. The molecule has 0 fully saturated rings. The monoisotopic (exact) mass is 296 g/mol. The van der Waals surface area contributed by atoms with Crippen LogP contribution >= 0.6 is 0 Å². The smallest absolute Gasteiger partial charge is 0.186 e. The molecule has 0 saturated carbocycles. The lowest BCUT2D eigenvalue weighted by molar-refractivity contribution is 0.0729. The molecule has 1 aromatic rings. The number of allylic oxidation sites excluding steroid dienone is 3. The van der Waals surface area contributed by atoms with Crippen LogP contribution in [0.25, 0.3) is 0 Å². The minimum absolute atomic E-state index is 0.0374. The van der Waals surface area contributed by atoms with Crippen molar-refractivity contribution in [2.75, 3.05) is 19.8 Å². The molecular weight excluding hydrogens is 278 g/mol. The van der Waals surface area contributed by atoms with Crippen molar-refractivity contribution in [3.05, 3.63) is 59.4 Å². The highest BCUT2D eigenvalue weighted by molar-refractivity contribution is 5.35. The Balaban J connectivity index is 2.07. The van der Waals surface area contributed by atoms with E-state index in [0.29, 0.717) is 0 Å². The second kappa shape index (κ2) is 7.33. The van der Waals surface area contributed by atoms with Crippen LogP contribution in [0.5, 0.6) is 0 Å². The van der Waals surface area contributed by atoms with Crippen LogP contribution in [0.4, 0.5) is 8.78 Å². The van der Waals surface area contributed by atoms with Gasteiger partial charge in [-0.25, -0.2) is 8.78 Å². The molecule has 0 heterocycles. The van der Waals surface area contributed by atoms with Gasteiger partial charge in [0.25, 0.3) is 0 Å². The molecule has 0 saturated heterocycles. The summed E-state index contributed by atoms with van der Waals surface area (Å²) in [6.45, 7) is -0.736. The number of aliphatic hydroxyl groups excluding tert-OH is 2. The molecule has 1 aliphatic carbocycles. The molecule has 0 aliphatic heterocycles. The maximum Gasteiger partial charge on any atom is 0.186 e. The van der Waals surface area contributed by atoms with E-state index in [1.165, 1.54) is 6.08 Å². The normalized spacial score (nSPS) is 18.9. The predicted octanol–water partition coefficient (Wildman–Crippen LogP) is 2.83. The van der Waals surface area contributed by atoms with Gasteiger partial charge in [-0.05, 0) is 11.6 Å². The highest BCUT2D eigenvalue weighted by Gasteiger charge is 2.26. The summed E-state index contributed by atoms with van der Waals surface area (Å²) in [5.41, 5.74) is 0.838. The molecule has 1 unspecified atom stereocenters. The van der Waals surface area contributed by atoms with Gasteiger partial charge in [0, 0.05) is 18.3 Å². The van der Waals surface area contributed by atoms with Gasteiger partial charge in [0.15, 0.2) is 11.6 Å². The Morgan fingerprint density at radius 1 is 1.14 bits per heavy atom. The summed E-state index contributed by atoms with van der Waals surface area (Å²) >= 11 is 0. The van der Waals surface area contributed by atoms with Crippen molar-refractivity contribution in [2.45, 2.75) is 12.3 Å². The van der Waals surface area contributed by atoms with Crippen molar-refractivity contribution in [3.8, 4) is 0 Å². The SMILES string of the molecule is OCC(CO)COC1=C(F)CC(c2ccccc2)C=C1F. The number of hydrogen-bond acceptors (Lipinski definition) is 3. The Labute approximate surface area is 122 Å². The summed E-state index contributed by atoms with van der Waals surface area (Å²) in [4.78, 5) is 0. The van der Waals surface area contributed by atoms with Crippen LogP contribution in [0.1, 0.15) is 17.9 Å². The zero-order valence-corrected chi connectivity index (χ0v) is 11.5. The third-order valence-corrected chi connectivity index (χ3v) is 3.42. The fourth-order valence-corrected chi connectivity index (χ4v) is 2.15. The van der Waals surface area contributed by atoms with Crippen molar-refractivity contribution < 1.29 is 23.7 Å². The number of hydrogen-bond donors (Lipinski definition) is 2. The lowest BCUT2D eigenvalue weighted by atomic mass is 9.91. The fourth-order valence-electron chi connectivity index (χ4n) is 2.15. The maximum absolute atomic E-state index is 14.0. The Kier molecular flexibility index (Phi) is 5.47. The van der Waals surface area contributed by atoms with E-state index in [4.69, 9.17) is 14.9 Å². The van der Waals surface area contributed by atoms with E-state index in [1.54, 1.807) is 0 Å². The van der Waals surface area contributed by atoms with Crippen LogP contribution in [0.3, 0.4) is 0 Å². The molecule has 2 N–H and O–H groups in total. The number of benzene rings is 1. The van der Waals surface area contributed by atoms with Crippen molar-refractivity contribution in [1.82, 2.24) is 0 Å². The Hall–Kier alpha value is -1.72. The Bertz CT molecular complexity index is 522. The van der Waals surface area contributed by atoms with Crippen molar-refractivity contribution in [2.24, 2.45) is 5.92 Å². The van der Waals surface area contributed by atoms with E-state index in [2.05, 4.69) is 0 Å². The van der Waals surface area contributed by atoms with E-state index in [1.807, 2.05) is 30.3 Å². The molecule has 2 rings (SSSR count). The van der Waals surface area contributed by atoms with Gasteiger partial charge in [-0.3, -0.25) is 0 Å². The molecule has 114 valence electrons. The first-order chi connectivity index (χ1) is 10.2. The van der Waals surface area contributed by atoms with Crippen LogP contribution in [-0.4, -0.2) is 30.0 Å². The van der Waals surface area contributed by atoms with E-state index < -0.39 is 23.3 Å². The Morgan fingerprint density at radius 3 is 2.38 bits per heavy atom. The molecule has 21 heavy (non-hydrogen) atoms. The van der Waals surface area contributed by atoms with E-state index in [9.17, 15) is 8.78 Å². The first-order valence-corrected chi connectivity index (χ1v) is 6.81. The summed E-state index contributed by atoms with van der Waals surface area (Å²) < 4.78 is 33.1. The van der Waals surface area contributed by atoms with Crippen LogP contribution in [-0.2, 0) is 4.74 Å². The van der Waals surface area contributed by atoms with E-state index in [0.717, 1.165) is 5.56 Å². The second-order valence-corrected chi connectivity index (χ2v) is 5.01.